The Hall–Kier alpha value is -3.85. The lowest BCUT2D eigenvalue weighted by Crippen LogP contribution is -2.29. The number of hydrogen-bond acceptors (Lipinski definition) is 8. The number of rotatable bonds is 7. The van der Waals surface area contributed by atoms with Gasteiger partial charge in [-0.1, -0.05) is 25.5 Å². The van der Waals surface area contributed by atoms with Gasteiger partial charge in [0.1, 0.15) is 24.7 Å². The van der Waals surface area contributed by atoms with E-state index in [9.17, 15) is 14.7 Å². The second kappa shape index (κ2) is 9.79. The highest BCUT2D eigenvalue weighted by Gasteiger charge is 2.48. The molecule has 1 unspecified atom stereocenters. The molecular weight excluding hydrogens is 468 g/mol. The van der Waals surface area contributed by atoms with E-state index in [1.807, 2.05) is 12.1 Å². The number of aliphatic hydroxyl groups excluding tert-OH is 1. The van der Waals surface area contributed by atoms with Crippen molar-refractivity contribution in [2.24, 2.45) is 0 Å². The van der Waals surface area contributed by atoms with Gasteiger partial charge < -0.3 is 19.3 Å². The number of ether oxygens (including phenoxy) is 3. The van der Waals surface area contributed by atoms with Crippen LogP contribution in [0.15, 0.2) is 59.6 Å². The Labute approximate surface area is 206 Å². The Balaban J connectivity index is 1.62. The summed E-state index contributed by atoms with van der Waals surface area (Å²) in [6, 6.07) is 11.3. The van der Waals surface area contributed by atoms with Gasteiger partial charge in [-0.3, -0.25) is 14.5 Å². The molecule has 0 aliphatic carbocycles. The largest absolute Gasteiger partial charge is 0.507 e. The van der Waals surface area contributed by atoms with Crippen molar-refractivity contribution in [3.05, 3.63) is 70.7 Å². The van der Waals surface area contributed by atoms with Crippen molar-refractivity contribution >= 4 is 33.9 Å². The zero-order chi connectivity index (χ0) is 24.4. The topological polar surface area (TPSA) is 98.2 Å². The van der Waals surface area contributed by atoms with Crippen molar-refractivity contribution in [2.75, 3.05) is 24.7 Å². The van der Waals surface area contributed by atoms with E-state index < -0.39 is 17.7 Å². The van der Waals surface area contributed by atoms with E-state index in [-0.39, 0.29) is 11.3 Å². The third-order valence-electron chi connectivity index (χ3n) is 5.83. The lowest BCUT2D eigenvalue weighted by molar-refractivity contribution is -0.132. The normalized spacial score (nSPS) is 18.7. The van der Waals surface area contributed by atoms with Crippen LogP contribution in [0.5, 0.6) is 17.2 Å². The standard InChI is InChI=1S/C26H24N2O6S/c1-2-3-10-32-18-6-4-5-16(14-18)22-21(24(30)25(31)28(22)26-27-9-13-35-26)23(29)17-7-8-19-20(15-17)34-12-11-33-19/h4-9,13-15,22,29H,2-3,10-12H2,1H3/b23-21-. The third-order valence-corrected chi connectivity index (χ3v) is 6.60. The van der Waals surface area contributed by atoms with E-state index in [2.05, 4.69) is 11.9 Å². The minimum atomic E-state index is -0.871. The van der Waals surface area contributed by atoms with Gasteiger partial charge in [0.25, 0.3) is 5.78 Å². The molecule has 1 amide bonds. The molecule has 1 N–H and O–H groups in total. The molecule has 2 aliphatic rings. The van der Waals surface area contributed by atoms with Crippen molar-refractivity contribution in [1.82, 2.24) is 4.98 Å². The number of benzene rings is 2. The molecule has 0 radical (unpaired) electrons. The molecule has 9 heteroatoms. The first-order valence-electron chi connectivity index (χ1n) is 11.4. The third kappa shape index (κ3) is 4.35. The number of aromatic nitrogens is 1. The van der Waals surface area contributed by atoms with Crippen molar-refractivity contribution in [3.8, 4) is 17.2 Å². The maximum Gasteiger partial charge on any atom is 0.301 e. The zero-order valence-electron chi connectivity index (χ0n) is 19.1. The van der Waals surface area contributed by atoms with Gasteiger partial charge in [0.2, 0.25) is 0 Å². The Bertz CT molecular complexity index is 1290. The van der Waals surface area contributed by atoms with Crippen LogP contribution >= 0.6 is 11.3 Å². The summed E-state index contributed by atoms with van der Waals surface area (Å²) in [5.74, 6) is -0.167. The molecule has 8 nitrogen and oxygen atoms in total. The van der Waals surface area contributed by atoms with Crippen LogP contribution in [0.1, 0.15) is 36.9 Å². The first-order valence-corrected chi connectivity index (χ1v) is 12.3. The monoisotopic (exact) mass is 492 g/mol. The van der Waals surface area contributed by atoms with E-state index in [4.69, 9.17) is 14.2 Å². The fourth-order valence-electron chi connectivity index (χ4n) is 4.14. The van der Waals surface area contributed by atoms with Crippen LogP contribution < -0.4 is 19.1 Å². The summed E-state index contributed by atoms with van der Waals surface area (Å²) in [5, 5.41) is 13.4. The average molecular weight is 493 g/mol. The van der Waals surface area contributed by atoms with Crippen LogP contribution in [-0.2, 0) is 9.59 Å². The number of ketones is 1. The van der Waals surface area contributed by atoms with Gasteiger partial charge >= 0.3 is 5.91 Å². The summed E-state index contributed by atoms with van der Waals surface area (Å²) in [4.78, 5) is 32.1. The van der Waals surface area contributed by atoms with E-state index in [1.54, 1.807) is 41.9 Å². The van der Waals surface area contributed by atoms with Gasteiger partial charge in [-0.2, -0.15) is 0 Å². The van der Waals surface area contributed by atoms with Gasteiger partial charge in [-0.25, -0.2) is 4.98 Å². The Morgan fingerprint density at radius 3 is 2.77 bits per heavy atom. The molecule has 2 aromatic carbocycles. The van der Waals surface area contributed by atoms with Crippen LogP contribution in [0.3, 0.4) is 0 Å². The van der Waals surface area contributed by atoms with Crippen molar-refractivity contribution in [3.63, 3.8) is 0 Å². The van der Waals surface area contributed by atoms with E-state index in [0.717, 1.165) is 12.8 Å². The van der Waals surface area contributed by atoms with Gasteiger partial charge in [0.15, 0.2) is 16.6 Å². The van der Waals surface area contributed by atoms with Crippen molar-refractivity contribution in [1.29, 1.82) is 0 Å². The molecule has 1 atom stereocenters. The highest BCUT2D eigenvalue weighted by atomic mass is 32.1. The number of Topliss-reactive ketones (excluding diaryl/α,β-unsaturated/α-hetero) is 1. The summed E-state index contributed by atoms with van der Waals surface area (Å²) >= 11 is 1.24. The van der Waals surface area contributed by atoms with Gasteiger partial charge in [0.05, 0.1) is 18.2 Å². The van der Waals surface area contributed by atoms with E-state index in [0.29, 0.717) is 53.3 Å². The summed E-state index contributed by atoms with van der Waals surface area (Å²) in [6.07, 6.45) is 3.48. The predicted octanol–water partition coefficient (Wildman–Crippen LogP) is 4.72. The molecule has 3 aromatic rings. The number of carbonyl (C=O) groups is 2. The van der Waals surface area contributed by atoms with E-state index >= 15 is 0 Å². The van der Waals surface area contributed by atoms with Crippen LogP contribution in [-0.4, -0.2) is 41.6 Å². The number of unbranched alkanes of at least 4 members (excludes halogenated alkanes) is 1. The molecule has 5 rings (SSSR count). The molecule has 180 valence electrons. The lowest BCUT2D eigenvalue weighted by Gasteiger charge is -2.23. The maximum atomic E-state index is 13.3. The number of nitrogens with zero attached hydrogens (tertiary/aromatic N) is 2. The first-order chi connectivity index (χ1) is 17.1. The molecule has 1 fully saturated rings. The summed E-state index contributed by atoms with van der Waals surface area (Å²) in [5.41, 5.74) is 0.965. The SMILES string of the molecule is CCCCOc1cccc(C2/C(=C(/O)c3ccc4c(c3)OCCO4)C(=O)C(=O)N2c2nccs2)c1. The second-order valence-corrected chi connectivity index (χ2v) is 8.99. The van der Waals surface area contributed by atoms with Crippen LogP contribution in [0.4, 0.5) is 5.13 Å². The average Bonchev–Trinajstić information content (AvgIpc) is 3.50. The summed E-state index contributed by atoms with van der Waals surface area (Å²) in [6.45, 7) is 3.47. The van der Waals surface area contributed by atoms with Crippen molar-refractivity contribution < 1.29 is 28.9 Å². The number of carbonyl (C=O) groups excluding carboxylic acids is 2. The molecule has 3 heterocycles. The quantitative estimate of drug-likeness (QED) is 0.221. The van der Waals surface area contributed by atoms with Gasteiger partial charge in [-0.05, 0) is 42.3 Å². The molecule has 1 saturated heterocycles. The van der Waals surface area contributed by atoms with Crippen LogP contribution in [0, 0.1) is 0 Å². The zero-order valence-corrected chi connectivity index (χ0v) is 19.9. The molecule has 0 saturated carbocycles. The molecule has 2 aliphatic heterocycles. The maximum absolute atomic E-state index is 13.3. The number of thiazole rings is 1. The Kier molecular flexibility index (Phi) is 6.41. The molecule has 0 spiro atoms. The van der Waals surface area contributed by atoms with E-state index in [1.165, 1.54) is 16.2 Å². The number of hydrogen-bond donors (Lipinski definition) is 1. The minimum absolute atomic E-state index is 0.0208. The van der Waals surface area contributed by atoms with Crippen LogP contribution in [0.25, 0.3) is 5.76 Å². The summed E-state index contributed by atoms with van der Waals surface area (Å²) in [7, 11) is 0. The molecular formula is C26H24N2O6S. The highest BCUT2D eigenvalue weighted by molar-refractivity contribution is 7.14. The molecule has 0 bridgehead atoms. The lowest BCUT2D eigenvalue weighted by atomic mass is 9.95. The van der Waals surface area contributed by atoms with Gasteiger partial charge in [-0.15, -0.1) is 11.3 Å². The van der Waals surface area contributed by atoms with Crippen LogP contribution in [0.2, 0.25) is 0 Å². The second-order valence-electron chi connectivity index (χ2n) is 8.12. The Morgan fingerprint density at radius 1 is 1.17 bits per heavy atom. The fourth-order valence-corrected chi connectivity index (χ4v) is 4.80. The predicted molar refractivity (Wildman–Crippen MR) is 131 cm³/mol. The smallest absolute Gasteiger partial charge is 0.301 e. The highest BCUT2D eigenvalue weighted by Crippen LogP contribution is 2.44. The first kappa shape index (κ1) is 22.9. The minimum Gasteiger partial charge on any atom is -0.507 e. The molecule has 35 heavy (non-hydrogen) atoms. The van der Waals surface area contributed by atoms with Gasteiger partial charge in [0, 0.05) is 17.1 Å². The number of fused-ring (bicyclic) bond motifs is 1. The summed E-state index contributed by atoms with van der Waals surface area (Å²) < 4.78 is 17.1. The fraction of sp³-hybridized carbons (Fsp3) is 0.269. The number of amides is 1. The molecule has 1 aromatic heterocycles. The Morgan fingerprint density at radius 2 is 2.00 bits per heavy atom. The van der Waals surface area contributed by atoms with Crippen molar-refractivity contribution in [2.45, 2.75) is 25.8 Å². The number of aliphatic hydroxyl groups is 1. The number of anilines is 1.